The van der Waals surface area contributed by atoms with Gasteiger partial charge < -0.3 is 10.3 Å². The molecule has 2 N–H and O–H groups in total. The number of carbonyl (C=O) groups is 1. The summed E-state index contributed by atoms with van der Waals surface area (Å²) in [5.74, 6) is 0.242. The van der Waals surface area contributed by atoms with Gasteiger partial charge in [-0.2, -0.15) is 0 Å². The van der Waals surface area contributed by atoms with Crippen molar-refractivity contribution in [3.05, 3.63) is 58.3 Å². The summed E-state index contributed by atoms with van der Waals surface area (Å²) in [6.45, 7) is 0.208. The summed E-state index contributed by atoms with van der Waals surface area (Å²) in [6, 6.07) is 12.0. The molecule has 1 heterocycles. The van der Waals surface area contributed by atoms with E-state index < -0.39 is 10.0 Å². The molecule has 0 unspecified atom stereocenters. The number of fused-ring (bicyclic) bond motifs is 1. The summed E-state index contributed by atoms with van der Waals surface area (Å²) in [6.07, 6.45) is 0. The number of imidazole rings is 1. The second kappa shape index (κ2) is 7.18. The van der Waals surface area contributed by atoms with Crippen LogP contribution in [0.25, 0.3) is 11.0 Å². The van der Waals surface area contributed by atoms with Gasteiger partial charge in [0.2, 0.25) is 10.0 Å². The number of nitrogens with one attached hydrogen (secondary N) is 2. The van der Waals surface area contributed by atoms with Crippen molar-refractivity contribution in [1.82, 2.24) is 19.6 Å². The molecule has 0 aliphatic rings. The first-order valence-electron chi connectivity index (χ1n) is 7.73. The van der Waals surface area contributed by atoms with E-state index in [9.17, 15) is 13.2 Å². The van der Waals surface area contributed by atoms with Gasteiger partial charge in [0.15, 0.2) is 0 Å². The fourth-order valence-corrected chi connectivity index (χ4v) is 4.24. The summed E-state index contributed by atoms with van der Waals surface area (Å²) in [7, 11) is -0.779. The van der Waals surface area contributed by atoms with Crippen LogP contribution < -0.4 is 5.32 Å². The summed E-state index contributed by atoms with van der Waals surface area (Å²) in [5.41, 5.74) is 1.96. The number of hydrogen-bond donors (Lipinski definition) is 2. The lowest BCUT2D eigenvalue weighted by Crippen LogP contribution is -2.25. The van der Waals surface area contributed by atoms with Crippen molar-refractivity contribution in [2.75, 3.05) is 14.1 Å². The number of nitrogens with zero attached hydrogens (tertiary/aromatic N) is 2. The number of benzene rings is 2. The Morgan fingerprint density at radius 2 is 1.96 bits per heavy atom. The highest BCUT2D eigenvalue weighted by molar-refractivity contribution is 9.10. The molecular weight excluding hydrogens is 420 g/mol. The zero-order chi connectivity index (χ0) is 18.9. The van der Waals surface area contributed by atoms with Gasteiger partial charge in [-0.05, 0) is 46.3 Å². The van der Waals surface area contributed by atoms with E-state index in [0.29, 0.717) is 10.3 Å². The molecule has 0 atom stereocenters. The Morgan fingerprint density at radius 1 is 1.23 bits per heavy atom. The van der Waals surface area contributed by atoms with Crippen LogP contribution in [0.15, 0.2) is 51.8 Å². The molecule has 0 aliphatic carbocycles. The molecule has 3 aromatic rings. The normalized spacial score (nSPS) is 11.8. The van der Waals surface area contributed by atoms with Gasteiger partial charge in [-0.3, -0.25) is 4.79 Å². The number of halogens is 1. The maximum absolute atomic E-state index is 12.4. The fourth-order valence-electron chi connectivity index (χ4n) is 2.39. The minimum Gasteiger partial charge on any atom is -0.345 e. The Labute approximate surface area is 159 Å². The van der Waals surface area contributed by atoms with Crippen LogP contribution in [0.1, 0.15) is 16.2 Å². The number of H-pyrrole nitrogens is 1. The summed E-state index contributed by atoms with van der Waals surface area (Å²) in [5, 5.41) is 2.75. The van der Waals surface area contributed by atoms with E-state index in [1.54, 1.807) is 12.1 Å². The number of aromatic nitrogens is 2. The minimum atomic E-state index is -3.66. The van der Waals surface area contributed by atoms with Crippen LogP contribution in [0.4, 0.5) is 0 Å². The van der Waals surface area contributed by atoms with Gasteiger partial charge in [0.25, 0.3) is 5.91 Å². The van der Waals surface area contributed by atoms with Crippen molar-refractivity contribution in [3.8, 4) is 0 Å². The molecule has 0 radical (unpaired) electrons. The van der Waals surface area contributed by atoms with Gasteiger partial charge in [-0.15, -0.1) is 0 Å². The summed E-state index contributed by atoms with van der Waals surface area (Å²) in [4.78, 5) is 20.0. The average Bonchev–Trinajstić information content (AvgIpc) is 3.02. The van der Waals surface area contributed by atoms with Gasteiger partial charge in [0, 0.05) is 24.1 Å². The number of amides is 1. The van der Waals surface area contributed by atoms with Crippen molar-refractivity contribution in [3.63, 3.8) is 0 Å². The van der Waals surface area contributed by atoms with Crippen LogP contribution in [-0.4, -0.2) is 42.7 Å². The van der Waals surface area contributed by atoms with E-state index in [-0.39, 0.29) is 22.9 Å². The Bertz CT molecular complexity index is 1040. The lowest BCUT2D eigenvalue weighted by molar-refractivity contribution is 0.0949. The number of carbonyl (C=O) groups excluding carboxylic acids is 1. The Morgan fingerprint density at radius 3 is 2.65 bits per heavy atom. The standard InChI is InChI=1S/C17H17BrN4O3S/c1-22(2)26(24,25)15-9-11(7-8-12(15)18)17(23)19-10-16-20-13-5-3-4-6-14(13)21-16/h3-9H,10H2,1-2H3,(H,19,23)(H,20,21). The number of aromatic amines is 1. The predicted octanol–water partition coefficient (Wildman–Crippen LogP) is 2.51. The molecule has 0 aliphatic heterocycles. The van der Waals surface area contributed by atoms with Gasteiger partial charge in [-0.25, -0.2) is 17.7 Å². The third-order valence-electron chi connectivity index (χ3n) is 3.81. The van der Waals surface area contributed by atoms with E-state index in [1.807, 2.05) is 24.3 Å². The molecular formula is C17H17BrN4O3S. The van der Waals surface area contributed by atoms with E-state index in [1.165, 1.54) is 20.2 Å². The molecule has 0 fully saturated rings. The highest BCUT2D eigenvalue weighted by Crippen LogP contribution is 2.25. The van der Waals surface area contributed by atoms with Crippen molar-refractivity contribution >= 4 is 42.9 Å². The average molecular weight is 437 g/mol. The zero-order valence-electron chi connectivity index (χ0n) is 14.2. The molecule has 9 heteroatoms. The largest absolute Gasteiger partial charge is 0.345 e. The third kappa shape index (κ3) is 3.64. The Balaban J connectivity index is 1.79. The molecule has 0 saturated carbocycles. The molecule has 1 aromatic heterocycles. The minimum absolute atomic E-state index is 0.0406. The number of rotatable bonds is 5. The molecule has 2 aromatic carbocycles. The fraction of sp³-hybridized carbons (Fsp3) is 0.176. The number of sulfonamides is 1. The quantitative estimate of drug-likeness (QED) is 0.641. The topological polar surface area (TPSA) is 95.2 Å². The van der Waals surface area contributed by atoms with Gasteiger partial charge in [0.1, 0.15) is 5.82 Å². The first-order chi connectivity index (χ1) is 12.3. The van der Waals surface area contributed by atoms with Crippen molar-refractivity contribution in [2.45, 2.75) is 11.4 Å². The Hall–Kier alpha value is -2.23. The van der Waals surface area contributed by atoms with Crippen LogP contribution in [0.5, 0.6) is 0 Å². The van der Waals surface area contributed by atoms with E-state index in [0.717, 1.165) is 15.3 Å². The molecule has 136 valence electrons. The Kier molecular flexibility index (Phi) is 5.12. The lowest BCUT2D eigenvalue weighted by atomic mass is 10.2. The number of para-hydroxylation sites is 2. The first-order valence-corrected chi connectivity index (χ1v) is 9.96. The maximum Gasteiger partial charge on any atom is 0.251 e. The molecule has 7 nitrogen and oxygen atoms in total. The van der Waals surface area contributed by atoms with Gasteiger partial charge >= 0.3 is 0 Å². The van der Waals surface area contributed by atoms with Gasteiger partial charge in [0.05, 0.1) is 22.5 Å². The highest BCUT2D eigenvalue weighted by atomic mass is 79.9. The molecule has 1 amide bonds. The molecule has 0 bridgehead atoms. The van der Waals surface area contributed by atoms with Crippen LogP contribution in [0, 0.1) is 0 Å². The lowest BCUT2D eigenvalue weighted by Gasteiger charge is -2.14. The first kappa shape index (κ1) is 18.6. The van der Waals surface area contributed by atoms with E-state index >= 15 is 0 Å². The third-order valence-corrected chi connectivity index (χ3v) is 6.62. The van der Waals surface area contributed by atoms with Crippen LogP contribution in [0.3, 0.4) is 0 Å². The molecule has 3 rings (SSSR count). The molecule has 0 spiro atoms. The smallest absolute Gasteiger partial charge is 0.251 e. The SMILES string of the molecule is CN(C)S(=O)(=O)c1cc(C(=O)NCc2nc3ccccc3[nH]2)ccc1Br. The summed E-state index contributed by atoms with van der Waals surface area (Å²) < 4.78 is 26.2. The highest BCUT2D eigenvalue weighted by Gasteiger charge is 2.22. The van der Waals surface area contributed by atoms with Gasteiger partial charge in [-0.1, -0.05) is 12.1 Å². The van der Waals surface area contributed by atoms with Crippen LogP contribution >= 0.6 is 15.9 Å². The van der Waals surface area contributed by atoms with E-state index in [2.05, 4.69) is 31.2 Å². The summed E-state index contributed by atoms with van der Waals surface area (Å²) >= 11 is 3.23. The predicted molar refractivity (Wildman–Crippen MR) is 102 cm³/mol. The van der Waals surface area contributed by atoms with Crippen molar-refractivity contribution < 1.29 is 13.2 Å². The van der Waals surface area contributed by atoms with E-state index in [4.69, 9.17) is 0 Å². The van der Waals surface area contributed by atoms with Crippen LogP contribution in [0.2, 0.25) is 0 Å². The monoisotopic (exact) mass is 436 g/mol. The molecule has 0 saturated heterocycles. The van der Waals surface area contributed by atoms with Crippen molar-refractivity contribution in [2.24, 2.45) is 0 Å². The van der Waals surface area contributed by atoms with Crippen LogP contribution in [-0.2, 0) is 16.6 Å². The second-order valence-corrected chi connectivity index (χ2v) is 8.79. The maximum atomic E-state index is 12.4. The number of hydrogen-bond acceptors (Lipinski definition) is 4. The van der Waals surface area contributed by atoms with Crippen molar-refractivity contribution in [1.29, 1.82) is 0 Å². The second-order valence-electron chi connectivity index (χ2n) is 5.82. The zero-order valence-corrected chi connectivity index (χ0v) is 16.6. The molecule has 26 heavy (non-hydrogen) atoms.